The summed E-state index contributed by atoms with van der Waals surface area (Å²) in [6, 6.07) is 0. The van der Waals surface area contributed by atoms with Crippen LogP contribution in [0.2, 0.25) is 0 Å². The molecule has 0 aliphatic rings. The Hall–Kier alpha value is -0.570. The number of aliphatic hydroxyl groups is 1. The fourth-order valence-corrected chi connectivity index (χ4v) is 4.63. The van der Waals surface area contributed by atoms with Crippen LogP contribution in [0.1, 0.15) is 59.8 Å². The maximum Gasteiger partial charge on any atom is 0.382 e. The Labute approximate surface area is 146 Å². The number of rotatable bonds is 11. The van der Waals surface area contributed by atoms with Crippen LogP contribution in [0.15, 0.2) is 34.9 Å². The van der Waals surface area contributed by atoms with E-state index in [2.05, 4.69) is 32.9 Å². The molecule has 0 rings (SSSR count). The molecule has 24 heavy (non-hydrogen) atoms. The van der Waals surface area contributed by atoms with Crippen molar-refractivity contribution in [1.82, 2.24) is 0 Å². The molecule has 0 saturated heterocycles. The molecule has 0 aromatic heterocycles. The van der Waals surface area contributed by atoms with Crippen LogP contribution in [0, 0.1) is 0 Å². The van der Waals surface area contributed by atoms with Gasteiger partial charge in [-0.05, 0) is 53.4 Å². The molecule has 3 N–H and O–H groups in total. The Bertz CT molecular complexity index is 539. The third-order valence-corrected chi connectivity index (χ3v) is 7.48. The fourth-order valence-electron chi connectivity index (χ4n) is 2.16. The fraction of sp³-hybridized carbons (Fsp3) is 0.647. The summed E-state index contributed by atoms with van der Waals surface area (Å²) < 4.78 is 22.9. The van der Waals surface area contributed by atoms with Gasteiger partial charge < -0.3 is 14.9 Å². The van der Waals surface area contributed by atoms with Gasteiger partial charge in [-0.2, -0.15) is 0 Å². The monoisotopic (exact) mass is 377 g/mol. The van der Waals surface area contributed by atoms with Crippen molar-refractivity contribution in [3.05, 3.63) is 34.9 Å². The molecule has 0 spiro atoms. The van der Waals surface area contributed by atoms with Crippen molar-refractivity contribution in [3.8, 4) is 0 Å². The molecule has 0 aromatic carbocycles. The van der Waals surface area contributed by atoms with Crippen molar-refractivity contribution < 1.29 is 24.0 Å². The Kier molecular flexibility index (Phi) is 11.6. The average Bonchev–Trinajstić information content (AvgIpc) is 2.45. The summed E-state index contributed by atoms with van der Waals surface area (Å²) in [5.41, 5.74) is 3.65. The first-order valence-electron chi connectivity index (χ1n) is 8.12. The summed E-state index contributed by atoms with van der Waals surface area (Å²) >= 11 is 0. The zero-order valence-corrected chi connectivity index (χ0v) is 16.9. The number of hydrogen-bond donors (Lipinski definition) is 3. The topological polar surface area (TPSA) is 94.8 Å². The van der Waals surface area contributed by atoms with Crippen molar-refractivity contribution in [2.24, 2.45) is 0 Å². The third kappa shape index (κ3) is 11.1. The highest BCUT2D eigenvalue weighted by molar-refractivity contribution is 7.67. The molecule has 2 unspecified atom stereocenters. The zero-order chi connectivity index (χ0) is 18.8. The van der Waals surface area contributed by atoms with E-state index in [1.165, 1.54) is 11.1 Å². The lowest BCUT2D eigenvalue weighted by Gasteiger charge is -2.07. The molecule has 7 heteroatoms. The van der Waals surface area contributed by atoms with Gasteiger partial charge in [0, 0.05) is 6.42 Å². The maximum atomic E-state index is 11.6. The largest absolute Gasteiger partial charge is 0.382 e. The van der Waals surface area contributed by atoms with E-state index in [-0.39, 0.29) is 6.42 Å². The minimum atomic E-state index is -4.47. The van der Waals surface area contributed by atoms with E-state index in [0.717, 1.165) is 31.3 Å². The standard InChI is InChI=1S/C17H30O5P2/c1-14(2)7-5-8-15(3)9-6-10-16(4)11-12-17(23(19)13-18)24(20,21)22/h7,9,11,17-18H,5-6,8,10,12-13H2,1-4H3,(H-,20,21,22)/p+1/b15-9+,16-11+. The highest BCUT2D eigenvalue weighted by Gasteiger charge is 2.43. The second kappa shape index (κ2) is 11.9. The molecule has 0 radical (unpaired) electrons. The van der Waals surface area contributed by atoms with Crippen molar-refractivity contribution in [2.75, 3.05) is 6.35 Å². The van der Waals surface area contributed by atoms with Gasteiger partial charge in [-0.3, -0.25) is 4.57 Å². The van der Waals surface area contributed by atoms with Crippen molar-refractivity contribution >= 4 is 15.4 Å². The van der Waals surface area contributed by atoms with Gasteiger partial charge in [-0.25, -0.2) is 0 Å². The summed E-state index contributed by atoms with van der Waals surface area (Å²) in [6.45, 7) is 8.17. The van der Waals surface area contributed by atoms with Gasteiger partial charge in [0.1, 0.15) is 0 Å². The minimum Gasteiger partial charge on any atom is -0.353 e. The Morgan fingerprint density at radius 2 is 1.50 bits per heavy atom. The van der Waals surface area contributed by atoms with Crippen LogP contribution in [0.4, 0.5) is 0 Å². The van der Waals surface area contributed by atoms with Crippen molar-refractivity contribution in [3.63, 3.8) is 0 Å². The normalized spacial score (nSPS) is 15.2. The van der Waals surface area contributed by atoms with Crippen LogP contribution in [0.25, 0.3) is 0 Å². The highest BCUT2D eigenvalue weighted by atomic mass is 31.2. The Balaban J connectivity index is 4.47. The predicted molar refractivity (Wildman–Crippen MR) is 101 cm³/mol. The van der Waals surface area contributed by atoms with Crippen LogP contribution in [-0.2, 0) is 9.13 Å². The van der Waals surface area contributed by atoms with Gasteiger partial charge in [0.2, 0.25) is 6.35 Å². The molecule has 2 atom stereocenters. The van der Waals surface area contributed by atoms with E-state index in [1.807, 2.05) is 6.92 Å². The van der Waals surface area contributed by atoms with Crippen LogP contribution in [0.3, 0.4) is 0 Å². The lowest BCUT2D eigenvalue weighted by molar-refractivity contribution is 0.352. The van der Waals surface area contributed by atoms with E-state index >= 15 is 0 Å². The summed E-state index contributed by atoms with van der Waals surface area (Å²) in [6.07, 6.45) is 9.18. The minimum absolute atomic E-state index is 0.0230. The van der Waals surface area contributed by atoms with Gasteiger partial charge in [0.15, 0.2) is 0 Å². The lowest BCUT2D eigenvalue weighted by atomic mass is 10.1. The van der Waals surface area contributed by atoms with Crippen LogP contribution < -0.4 is 0 Å². The molecule has 0 aliphatic carbocycles. The lowest BCUT2D eigenvalue weighted by Crippen LogP contribution is -2.04. The molecular weight excluding hydrogens is 346 g/mol. The molecule has 0 fully saturated rings. The second-order valence-corrected chi connectivity index (χ2v) is 10.3. The molecule has 0 amide bonds. The van der Waals surface area contributed by atoms with Gasteiger partial charge in [-0.15, -0.1) is 0 Å². The summed E-state index contributed by atoms with van der Waals surface area (Å²) in [7, 11) is -6.79. The SMILES string of the molecule is CC(C)=CCC/C(C)=C/CC/C(C)=C/CC([P+](=O)CO)P(=O)(O)O. The second-order valence-electron chi connectivity index (χ2n) is 6.32. The van der Waals surface area contributed by atoms with Crippen molar-refractivity contribution in [1.29, 1.82) is 0 Å². The van der Waals surface area contributed by atoms with Gasteiger partial charge >= 0.3 is 15.4 Å². The quantitative estimate of drug-likeness (QED) is 0.345. The van der Waals surface area contributed by atoms with E-state index in [9.17, 15) is 18.9 Å². The van der Waals surface area contributed by atoms with E-state index in [0.29, 0.717) is 0 Å². The summed E-state index contributed by atoms with van der Waals surface area (Å²) in [5.74, 6) is 0. The van der Waals surface area contributed by atoms with E-state index in [1.54, 1.807) is 6.08 Å². The first kappa shape index (κ1) is 23.4. The first-order valence-corrected chi connectivity index (χ1v) is 11.3. The average molecular weight is 377 g/mol. The first-order chi connectivity index (χ1) is 11.1. The Morgan fingerprint density at radius 3 is 1.96 bits per heavy atom. The third-order valence-electron chi connectivity index (χ3n) is 3.66. The van der Waals surface area contributed by atoms with E-state index in [4.69, 9.17) is 5.11 Å². The number of allylic oxidation sites excluding steroid dienone is 6. The van der Waals surface area contributed by atoms with Crippen LogP contribution in [0.5, 0.6) is 0 Å². The highest BCUT2D eigenvalue weighted by Crippen LogP contribution is 2.54. The Morgan fingerprint density at radius 1 is 1.00 bits per heavy atom. The molecule has 0 aromatic rings. The van der Waals surface area contributed by atoms with Gasteiger partial charge in [0.25, 0.3) is 5.40 Å². The summed E-state index contributed by atoms with van der Waals surface area (Å²) in [5, 5.41) is 7.58. The van der Waals surface area contributed by atoms with Crippen LogP contribution >= 0.6 is 15.4 Å². The molecule has 0 heterocycles. The van der Waals surface area contributed by atoms with Crippen molar-refractivity contribution in [2.45, 2.75) is 65.2 Å². The zero-order valence-electron chi connectivity index (χ0n) is 15.1. The summed E-state index contributed by atoms with van der Waals surface area (Å²) in [4.78, 5) is 18.5. The van der Waals surface area contributed by atoms with E-state index < -0.39 is 27.1 Å². The number of aliphatic hydroxyl groups excluding tert-OH is 1. The van der Waals surface area contributed by atoms with Crippen LogP contribution in [-0.4, -0.2) is 26.6 Å². The molecule has 5 nitrogen and oxygen atoms in total. The smallest absolute Gasteiger partial charge is 0.353 e. The van der Waals surface area contributed by atoms with Gasteiger partial charge in [0.05, 0.1) is 0 Å². The van der Waals surface area contributed by atoms with Gasteiger partial charge in [-0.1, -0.05) is 39.5 Å². The molecule has 0 saturated carbocycles. The predicted octanol–water partition coefficient (Wildman–Crippen LogP) is 5.08. The molecule has 0 bridgehead atoms. The number of hydrogen-bond acceptors (Lipinski definition) is 3. The molecule has 0 aliphatic heterocycles. The maximum absolute atomic E-state index is 11.6. The molecular formula is C17H31O5P2+. The molecule has 138 valence electrons.